The maximum absolute atomic E-state index is 6.49. The van der Waals surface area contributed by atoms with Gasteiger partial charge in [-0.3, -0.25) is 4.68 Å². The zero-order valence-corrected chi connectivity index (χ0v) is 12.8. The van der Waals surface area contributed by atoms with Crippen LogP contribution in [0.4, 0.5) is 0 Å². The number of nitrogens with zero attached hydrogens (tertiary/aromatic N) is 2. The fraction of sp³-hybridized carbons (Fsp3) is 0.786. The molecule has 0 aliphatic rings. The lowest BCUT2D eigenvalue weighted by Gasteiger charge is -2.36. The van der Waals surface area contributed by atoms with E-state index in [1.54, 1.807) is 20.4 Å². The number of hydrogen-bond donors (Lipinski definition) is 1. The smallest absolute Gasteiger partial charge is 0.161 e. The van der Waals surface area contributed by atoms with Gasteiger partial charge in [0.25, 0.3) is 0 Å². The molecule has 1 aromatic heterocycles. The highest BCUT2D eigenvalue weighted by molar-refractivity contribution is 5.30. The number of nitrogens with two attached hydrogens (primary N) is 1. The van der Waals surface area contributed by atoms with Crippen molar-refractivity contribution in [1.29, 1.82) is 0 Å². The van der Waals surface area contributed by atoms with E-state index < -0.39 is 0 Å². The fourth-order valence-electron chi connectivity index (χ4n) is 2.59. The second kappa shape index (κ2) is 6.91. The number of rotatable bonds is 8. The Labute approximate surface area is 116 Å². The van der Waals surface area contributed by atoms with Crippen LogP contribution in [-0.2, 0) is 11.3 Å². The van der Waals surface area contributed by atoms with E-state index in [4.69, 9.17) is 15.2 Å². The van der Waals surface area contributed by atoms with Gasteiger partial charge in [0.05, 0.1) is 30.6 Å². The van der Waals surface area contributed by atoms with E-state index in [1.807, 2.05) is 4.68 Å². The predicted octanol–water partition coefficient (Wildman–Crippen LogP) is 2.51. The summed E-state index contributed by atoms with van der Waals surface area (Å²) in [5, 5.41) is 4.37. The summed E-state index contributed by atoms with van der Waals surface area (Å²) >= 11 is 0. The molecule has 0 aliphatic heterocycles. The molecule has 5 heteroatoms. The van der Waals surface area contributed by atoms with Crippen molar-refractivity contribution in [2.75, 3.05) is 14.2 Å². The van der Waals surface area contributed by atoms with Crippen LogP contribution in [0.5, 0.6) is 5.75 Å². The van der Waals surface area contributed by atoms with Gasteiger partial charge in [-0.2, -0.15) is 5.10 Å². The van der Waals surface area contributed by atoms with E-state index in [-0.39, 0.29) is 11.6 Å². The first kappa shape index (κ1) is 16.0. The zero-order chi connectivity index (χ0) is 14.5. The highest BCUT2D eigenvalue weighted by atomic mass is 16.5. The van der Waals surface area contributed by atoms with E-state index in [9.17, 15) is 0 Å². The van der Waals surface area contributed by atoms with Gasteiger partial charge in [-0.15, -0.1) is 0 Å². The number of aromatic nitrogens is 2. The van der Waals surface area contributed by atoms with E-state index in [2.05, 4.69) is 25.9 Å². The molecule has 0 radical (unpaired) electrons. The molecule has 19 heavy (non-hydrogen) atoms. The molecule has 0 amide bonds. The maximum atomic E-state index is 6.49. The average Bonchev–Trinajstić information content (AvgIpc) is 2.84. The molecule has 0 fully saturated rings. The molecule has 0 saturated heterocycles. The summed E-state index contributed by atoms with van der Waals surface area (Å²) in [6.07, 6.45) is 4.43. The summed E-state index contributed by atoms with van der Waals surface area (Å²) in [5.41, 5.74) is 7.04. The molecule has 1 heterocycles. The van der Waals surface area contributed by atoms with Gasteiger partial charge >= 0.3 is 0 Å². The lowest BCUT2D eigenvalue weighted by Crippen LogP contribution is -2.43. The molecule has 1 aromatic rings. The minimum absolute atomic E-state index is 0.253. The fourth-order valence-corrected chi connectivity index (χ4v) is 2.59. The lowest BCUT2D eigenvalue weighted by atomic mass is 9.86. The molecule has 5 nitrogen and oxygen atoms in total. The first-order valence-corrected chi connectivity index (χ1v) is 7.00. The third kappa shape index (κ3) is 2.92. The van der Waals surface area contributed by atoms with Crippen LogP contribution in [0, 0.1) is 0 Å². The Morgan fingerprint density at radius 2 is 1.95 bits per heavy atom. The summed E-state index contributed by atoms with van der Waals surface area (Å²) in [7, 11) is 3.37. The summed E-state index contributed by atoms with van der Waals surface area (Å²) in [6.45, 7) is 7.14. The van der Waals surface area contributed by atoms with Crippen LogP contribution < -0.4 is 10.5 Å². The Kier molecular flexibility index (Phi) is 5.82. The Bertz CT molecular complexity index is 378. The second-order valence-corrected chi connectivity index (χ2v) is 4.78. The van der Waals surface area contributed by atoms with Crippen molar-refractivity contribution in [2.24, 2.45) is 5.73 Å². The van der Waals surface area contributed by atoms with Crippen LogP contribution in [-0.4, -0.2) is 29.6 Å². The molecule has 110 valence electrons. The van der Waals surface area contributed by atoms with Crippen molar-refractivity contribution >= 4 is 0 Å². The van der Waals surface area contributed by atoms with Crippen LogP contribution in [0.2, 0.25) is 0 Å². The Balaban J connectivity index is 3.22. The third-order valence-corrected chi connectivity index (χ3v) is 3.97. The van der Waals surface area contributed by atoms with Crippen molar-refractivity contribution < 1.29 is 9.47 Å². The Hall–Kier alpha value is -1.07. The molecular formula is C14H27N3O2. The van der Waals surface area contributed by atoms with Crippen molar-refractivity contribution in [2.45, 2.75) is 58.2 Å². The Morgan fingerprint density at radius 1 is 1.32 bits per heavy atom. The SMILES string of the molecule is CCCn1ncc(OC)c1C(N)C(CC)(CC)OC. The van der Waals surface area contributed by atoms with Crippen LogP contribution >= 0.6 is 0 Å². The summed E-state index contributed by atoms with van der Waals surface area (Å²) in [4.78, 5) is 0. The van der Waals surface area contributed by atoms with E-state index in [1.165, 1.54) is 0 Å². The van der Waals surface area contributed by atoms with Crippen LogP contribution in [0.3, 0.4) is 0 Å². The van der Waals surface area contributed by atoms with E-state index in [0.29, 0.717) is 0 Å². The molecule has 0 aromatic carbocycles. The van der Waals surface area contributed by atoms with Gasteiger partial charge in [0.1, 0.15) is 0 Å². The largest absolute Gasteiger partial charge is 0.493 e. The van der Waals surface area contributed by atoms with Crippen molar-refractivity contribution in [1.82, 2.24) is 9.78 Å². The quantitative estimate of drug-likeness (QED) is 0.787. The first-order valence-electron chi connectivity index (χ1n) is 7.00. The average molecular weight is 269 g/mol. The highest BCUT2D eigenvalue weighted by Gasteiger charge is 2.38. The monoisotopic (exact) mass is 269 g/mol. The lowest BCUT2D eigenvalue weighted by molar-refractivity contribution is -0.0409. The standard InChI is InChI=1S/C14H27N3O2/c1-6-9-17-12(11(18-4)10-16-17)13(15)14(7-2,8-3)19-5/h10,13H,6-9,15H2,1-5H3. The Morgan fingerprint density at radius 3 is 2.37 bits per heavy atom. The van der Waals surface area contributed by atoms with Gasteiger partial charge in [-0.1, -0.05) is 20.8 Å². The van der Waals surface area contributed by atoms with Gasteiger partial charge < -0.3 is 15.2 Å². The molecule has 0 bridgehead atoms. The summed E-state index contributed by atoms with van der Waals surface area (Å²) in [6, 6.07) is -0.253. The van der Waals surface area contributed by atoms with Crippen molar-refractivity contribution in [3.63, 3.8) is 0 Å². The van der Waals surface area contributed by atoms with Crippen LogP contribution in [0.25, 0.3) is 0 Å². The molecule has 1 atom stereocenters. The van der Waals surface area contributed by atoms with Crippen molar-refractivity contribution in [3.05, 3.63) is 11.9 Å². The van der Waals surface area contributed by atoms with Gasteiger partial charge in [-0.25, -0.2) is 0 Å². The van der Waals surface area contributed by atoms with Crippen LogP contribution in [0.15, 0.2) is 6.20 Å². The second-order valence-electron chi connectivity index (χ2n) is 4.78. The molecule has 1 rings (SSSR count). The number of aryl methyl sites for hydroxylation is 1. The van der Waals surface area contributed by atoms with Crippen molar-refractivity contribution in [3.8, 4) is 5.75 Å². The minimum atomic E-state index is -0.376. The molecule has 0 aliphatic carbocycles. The van der Waals surface area contributed by atoms with E-state index in [0.717, 1.165) is 37.3 Å². The van der Waals surface area contributed by atoms with Gasteiger partial charge in [-0.05, 0) is 19.3 Å². The third-order valence-electron chi connectivity index (χ3n) is 3.97. The van der Waals surface area contributed by atoms with E-state index >= 15 is 0 Å². The summed E-state index contributed by atoms with van der Waals surface area (Å²) < 4.78 is 13.1. The minimum Gasteiger partial charge on any atom is -0.493 e. The molecule has 0 saturated carbocycles. The van der Waals surface area contributed by atoms with Gasteiger partial charge in [0, 0.05) is 13.7 Å². The molecular weight excluding hydrogens is 242 g/mol. The molecule has 2 N–H and O–H groups in total. The first-order chi connectivity index (χ1) is 9.10. The zero-order valence-electron chi connectivity index (χ0n) is 12.8. The normalized spacial score (nSPS) is 13.6. The predicted molar refractivity (Wildman–Crippen MR) is 76.3 cm³/mol. The summed E-state index contributed by atoms with van der Waals surface area (Å²) in [5.74, 6) is 0.740. The molecule has 0 spiro atoms. The van der Waals surface area contributed by atoms with Gasteiger partial charge in [0.15, 0.2) is 5.75 Å². The highest BCUT2D eigenvalue weighted by Crippen LogP contribution is 2.37. The number of hydrogen-bond acceptors (Lipinski definition) is 4. The van der Waals surface area contributed by atoms with Gasteiger partial charge in [0.2, 0.25) is 0 Å². The molecule has 1 unspecified atom stereocenters. The van der Waals surface area contributed by atoms with Crippen LogP contribution in [0.1, 0.15) is 51.8 Å². The number of ether oxygens (including phenoxy) is 2. The maximum Gasteiger partial charge on any atom is 0.161 e. The number of methoxy groups -OCH3 is 2. The topological polar surface area (TPSA) is 62.3 Å².